The molecule has 0 saturated carbocycles. The van der Waals surface area contributed by atoms with Gasteiger partial charge in [0, 0.05) is 10.3 Å². The van der Waals surface area contributed by atoms with E-state index >= 15 is 0 Å². The van der Waals surface area contributed by atoms with E-state index in [9.17, 15) is 0 Å². The van der Waals surface area contributed by atoms with Crippen LogP contribution in [0.4, 0.5) is 0 Å². The van der Waals surface area contributed by atoms with Crippen LogP contribution in [0, 0.1) is 0 Å². The Bertz CT molecular complexity index is 167. The third-order valence-corrected chi connectivity index (χ3v) is 0.536. The molecule has 0 saturated heterocycles. The highest BCUT2D eigenvalue weighted by Gasteiger charge is 1.87. The average Bonchev–Trinajstić information content (AvgIpc) is 2.08. The second-order valence-electron chi connectivity index (χ2n) is 0.976. The molecule has 0 aromatic rings. The van der Waals surface area contributed by atoms with E-state index in [2.05, 4.69) is 9.98 Å². The summed E-state index contributed by atoms with van der Waals surface area (Å²) in [4.78, 5) is 7.21. The summed E-state index contributed by atoms with van der Waals surface area (Å²) in [7, 11) is 0. The molecule has 1 aliphatic rings. The molecule has 2 heteroatoms. The van der Waals surface area contributed by atoms with E-state index in [0.29, 0.717) is 6.54 Å². The third-order valence-electron chi connectivity index (χ3n) is 0.536. The molecule has 1 heterocycles. The van der Waals surface area contributed by atoms with E-state index in [0.717, 1.165) is 0 Å². The Balaban J connectivity index is 2.73. The van der Waals surface area contributed by atoms with E-state index < -0.39 is 6.85 Å². The van der Waals surface area contributed by atoms with Gasteiger partial charge in [-0.15, -0.1) is 0 Å². The maximum absolute atomic E-state index is 6.82. The van der Waals surface area contributed by atoms with Crippen molar-refractivity contribution in [3.63, 3.8) is 0 Å². The minimum Gasteiger partial charge on any atom is -0.265 e. The molecule has 6 heavy (non-hydrogen) atoms. The molecule has 1 rings (SSSR count). The van der Waals surface area contributed by atoms with E-state index in [-0.39, 0.29) is 5.84 Å². The molecule has 2 nitrogen and oxygen atoms in total. The van der Waals surface area contributed by atoms with Crippen LogP contribution >= 0.6 is 0 Å². The predicted octanol–water partition coefficient (Wildman–Crippen LogP) is 0.489. The Morgan fingerprint density at radius 1 is 2.17 bits per heavy atom. The van der Waals surface area contributed by atoms with Gasteiger partial charge in [0.2, 0.25) is 0 Å². The van der Waals surface area contributed by atoms with Crippen LogP contribution in [0.25, 0.3) is 0 Å². The smallest absolute Gasteiger partial charge is 0.120 e. The van der Waals surface area contributed by atoms with Gasteiger partial charge >= 0.3 is 0 Å². The lowest BCUT2D eigenvalue weighted by molar-refractivity contribution is 1.35. The lowest BCUT2D eigenvalue weighted by atomic mass is 10.7. The van der Waals surface area contributed by atoms with Gasteiger partial charge in [0.15, 0.2) is 0 Å². The summed E-state index contributed by atoms with van der Waals surface area (Å²) >= 11 is 0. The van der Waals surface area contributed by atoms with E-state index in [4.69, 9.17) is 4.11 Å². The highest BCUT2D eigenvalue weighted by molar-refractivity contribution is 5.92. The van der Waals surface area contributed by atoms with Gasteiger partial charge in [0.1, 0.15) is 5.84 Å². The average molecular weight is 85.1 g/mol. The summed E-state index contributed by atoms with van der Waals surface area (Å²) < 4.78 is 20.5. The van der Waals surface area contributed by atoms with Crippen LogP contribution in [-0.4, -0.2) is 18.6 Å². The first-order valence-electron chi connectivity index (χ1n) is 3.18. The lowest BCUT2D eigenvalue weighted by Gasteiger charge is -1.71. The van der Waals surface area contributed by atoms with Crippen molar-refractivity contribution < 1.29 is 4.11 Å². The first kappa shape index (κ1) is 1.45. The van der Waals surface area contributed by atoms with Crippen molar-refractivity contribution in [1.29, 1.82) is 0 Å². The molecule has 0 aromatic heterocycles. The lowest BCUT2D eigenvalue weighted by Crippen LogP contribution is -1.73. The van der Waals surface area contributed by atoms with E-state index in [1.807, 2.05) is 0 Å². The quantitative estimate of drug-likeness (QED) is 0.409. The van der Waals surface area contributed by atoms with Crippen LogP contribution in [0.2, 0.25) is 0 Å². The Hall–Kier alpha value is -0.660. The number of amidine groups is 1. The fraction of sp³-hybridized carbons (Fsp3) is 0.500. The van der Waals surface area contributed by atoms with Crippen molar-refractivity contribution in [1.82, 2.24) is 0 Å². The maximum atomic E-state index is 6.82. The first-order chi connectivity index (χ1) is 4.11. The number of nitrogens with zero attached hydrogens (tertiary/aromatic N) is 2. The second kappa shape index (κ2) is 1.20. The van der Waals surface area contributed by atoms with Gasteiger partial charge in [-0.25, -0.2) is 4.99 Å². The molecule has 0 aromatic carbocycles. The van der Waals surface area contributed by atoms with E-state index in [1.165, 1.54) is 6.21 Å². The summed E-state index contributed by atoms with van der Waals surface area (Å²) in [6, 6.07) is 0. The zero-order chi connectivity index (χ0) is 6.91. The first-order valence-corrected chi connectivity index (χ1v) is 1.68. The van der Waals surface area contributed by atoms with Crippen LogP contribution in [-0.2, 0) is 0 Å². The summed E-state index contributed by atoms with van der Waals surface area (Å²) in [6.45, 7) is -1.71. The van der Waals surface area contributed by atoms with E-state index in [1.54, 1.807) is 0 Å². The Kier molecular flexibility index (Phi) is 0.290. The largest absolute Gasteiger partial charge is 0.265 e. The monoisotopic (exact) mass is 85.1 g/mol. The molecular formula is C4H6N2. The molecule has 0 spiro atoms. The Morgan fingerprint density at radius 2 is 3.17 bits per heavy atom. The van der Waals surface area contributed by atoms with Gasteiger partial charge in [0.05, 0.1) is 6.54 Å². The molecule has 0 amide bonds. The number of rotatable bonds is 0. The fourth-order valence-corrected chi connectivity index (χ4v) is 0.295. The maximum Gasteiger partial charge on any atom is 0.120 e. The van der Waals surface area contributed by atoms with Gasteiger partial charge in [0.25, 0.3) is 0 Å². The summed E-state index contributed by atoms with van der Waals surface area (Å²) in [5, 5.41) is 0. The summed E-state index contributed by atoms with van der Waals surface area (Å²) in [6.07, 6.45) is 1.49. The summed E-state index contributed by atoms with van der Waals surface area (Å²) in [5.41, 5.74) is 0. The van der Waals surface area contributed by atoms with Crippen LogP contribution < -0.4 is 0 Å². The van der Waals surface area contributed by atoms with Crippen LogP contribution in [0.3, 0.4) is 0 Å². The molecule has 0 radical (unpaired) electrons. The van der Waals surface area contributed by atoms with Crippen molar-refractivity contribution in [3.8, 4) is 0 Å². The zero-order valence-corrected chi connectivity index (χ0v) is 3.18. The standard InChI is InChI=1S/C4H6N2/c1-4-5-2-3-6-4/h2H,3H2,1H3/i1D3. The van der Waals surface area contributed by atoms with Crippen molar-refractivity contribution >= 4 is 12.1 Å². The number of aliphatic imine (C=N–C) groups is 2. The van der Waals surface area contributed by atoms with Crippen LogP contribution in [0.1, 0.15) is 11.0 Å². The number of hydrogen-bond donors (Lipinski definition) is 0. The molecule has 0 N–H and O–H groups in total. The van der Waals surface area contributed by atoms with Gasteiger partial charge in [-0.3, -0.25) is 4.99 Å². The van der Waals surface area contributed by atoms with Crippen molar-refractivity contribution in [2.75, 3.05) is 6.54 Å². The van der Waals surface area contributed by atoms with Crippen molar-refractivity contribution in [2.24, 2.45) is 9.98 Å². The third kappa shape index (κ3) is 0.455. The fourth-order valence-electron chi connectivity index (χ4n) is 0.295. The molecule has 32 valence electrons. The Morgan fingerprint density at radius 3 is 3.50 bits per heavy atom. The zero-order valence-electron chi connectivity index (χ0n) is 6.18. The van der Waals surface area contributed by atoms with Gasteiger partial charge < -0.3 is 0 Å². The van der Waals surface area contributed by atoms with Crippen LogP contribution in [0.5, 0.6) is 0 Å². The topological polar surface area (TPSA) is 24.7 Å². The van der Waals surface area contributed by atoms with Crippen molar-refractivity contribution in [2.45, 2.75) is 6.85 Å². The normalized spacial score (nSPS) is 28.0. The molecule has 0 bridgehead atoms. The predicted molar refractivity (Wildman–Crippen MR) is 26.5 cm³/mol. The number of hydrogen-bond acceptors (Lipinski definition) is 2. The molecule has 0 atom stereocenters. The SMILES string of the molecule is [2H]C([2H])([2H])C1=NCC=N1. The summed E-state index contributed by atoms with van der Waals surface area (Å²) in [5.74, 6) is -0.0255. The molecule has 1 aliphatic heterocycles. The minimum atomic E-state index is -2.12. The molecule has 0 aliphatic carbocycles. The van der Waals surface area contributed by atoms with Crippen molar-refractivity contribution in [3.05, 3.63) is 0 Å². The molecular weight excluding hydrogens is 76.1 g/mol. The highest BCUT2D eigenvalue weighted by atomic mass is 15.0. The molecule has 0 unspecified atom stereocenters. The van der Waals surface area contributed by atoms with Gasteiger partial charge in [-0.1, -0.05) is 0 Å². The second-order valence-corrected chi connectivity index (χ2v) is 0.976. The highest BCUT2D eigenvalue weighted by Crippen LogP contribution is 1.84. The Labute approximate surface area is 40.8 Å². The van der Waals surface area contributed by atoms with Gasteiger partial charge in [-0.2, -0.15) is 0 Å². The minimum absolute atomic E-state index is 0.0255. The van der Waals surface area contributed by atoms with Crippen LogP contribution in [0.15, 0.2) is 9.98 Å². The van der Waals surface area contributed by atoms with Gasteiger partial charge in [-0.05, 0) is 6.85 Å². The molecule has 0 fully saturated rings.